The van der Waals surface area contributed by atoms with Crippen LogP contribution in [0.15, 0.2) is 18.3 Å². The van der Waals surface area contributed by atoms with Crippen molar-refractivity contribution >= 4 is 22.5 Å². The van der Waals surface area contributed by atoms with E-state index in [9.17, 15) is 0 Å². The molecule has 1 aromatic heterocycles. The van der Waals surface area contributed by atoms with Gasteiger partial charge in [0.05, 0.1) is 17.6 Å². The lowest BCUT2D eigenvalue weighted by atomic mass is 10.1. The molecule has 0 spiro atoms. The van der Waals surface area contributed by atoms with Crippen LogP contribution in [0.1, 0.15) is 5.56 Å². The Labute approximate surface area is 99.7 Å². The van der Waals surface area contributed by atoms with Crippen molar-refractivity contribution in [1.29, 1.82) is 0 Å². The fraction of sp³-hybridized carbons (Fsp3) is 0.333. The Morgan fingerprint density at radius 2 is 2.19 bits per heavy atom. The summed E-state index contributed by atoms with van der Waals surface area (Å²) in [6, 6.07) is 3.82. The fourth-order valence-corrected chi connectivity index (χ4v) is 2.32. The molecule has 0 aliphatic rings. The molecular weight excluding hydrogens is 224 g/mol. The summed E-state index contributed by atoms with van der Waals surface area (Å²) >= 11 is 6.26. The SMILES string of the molecule is COc1cc(Cl)c2c(CCN)cn(C)c2c1. The summed E-state index contributed by atoms with van der Waals surface area (Å²) in [6.45, 7) is 0.626. The summed E-state index contributed by atoms with van der Waals surface area (Å²) in [5, 5.41) is 1.80. The van der Waals surface area contributed by atoms with Gasteiger partial charge in [0.1, 0.15) is 5.75 Å². The molecule has 0 aliphatic carbocycles. The Morgan fingerprint density at radius 1 is 1.44 bits per heavy atom. The van der Waals surface area contributed by atoms with Gasteiger partial charge < -0.3 is 15.0 Å². The van der Waals surface area contributed by atoms with Crippen molar-refractivity contribution in [3.8, 4) is 5.75 Å². The third-order valence-corrected chi connectivity index (χ3v) is 3.04. The van der Waals surface area contributed by atoms with Gasteiger partial charge in [-0.1, -0.05) is 11.6 Å². The second-order valence-electron chi connectivity index (χ2n) is 3.81. The van der Waals surface area contributed by atoms with E-state index in [-0.39, 0.29) is 0 Å². The molecule has 2 aromatic rings. The first-order valence-electron chi connectivity index (χ1n) is 5.19. The van der Waals surface area contributed by atoms with Crippen LogP contribution in [-0.2, 0) is 13.5 Å². The number of hydrogen-bond acceptors (Lipinski definition) is 2. The zero-order valence-electron chi connectivity index (χ0n) is 9.46. The van der Waals surface area contributed by atoms with Gasteiger partial charge in [-0.05, 0) is 24.6 Å². The van der Waals surface area contributed by atoms with Crippen LogP contribution < -0.4 is 10.5 Å². The van der Waals surface area contributed by atoms with Crippen molar-refractivity contribution in [3.63, 3.8) is 0 Å². The van der Waals surface area contributed by atoms with Crippen molar-refractivity contribution in [1.82, 2.24) is 4.57 Å². The highest BCUT2D eigenvalue weighted by Crippen LogP contribution is 2.32. The average molecular weight is 239 g/mol. The Bertz CT molecular complexity index is 519. The third kappa shape index (κ3) is 1.77. The number of methoxy groups -OCH3 is 1. The summed E-state index contributed by atoms with van der Waals surface area (Å²) in [5.41, 5.74) is 7.85. The Kier molecular flexibility index (Phi) is 3.08. The number of aromatic nitrogens is 1. The highest BCUT2D eigenvalue weighted by molar-refractivity contribution is 6.36. The van der Waals surface area contributed by atoms with Gasteiger partial charge in [0.2, 0.25) is 0 Å². The van der Waals surface area contributed by atoms with Gasteiger partial charge in [-0.2, -0.15) is 0 Å². The van der Waals surface area contributed by atoms with Gasteiger partial charge in [0.25, 0.3) is 0 Å². The zero-order chi connectivity index (χ0) is 11.7. The molecule has 4 heteroatoms. The number of aryl methyl sites for hydroxylation is 1. The van der Waals surface area contributed by atoms with E-state index in [1.807, 2.05) is 19.2 Å². The number of fused-ring (bicyclic) bond motifs is 1. The Morgan fingerprint density at radius 3 is 2.81 bits per heavy atom. The lowest BCUT2D eigenvalue weighted by Gasteiger charge is -2.04. The van der Waals surface area contributed by atoms with Gasteiger partial charge >= 0.3 is 0 Å². The van der Waals surface area contributed by atoms with Crippen molar-refractivity contribution in [2.75, 3.05) is 13.7 Å². The number of nitrogens with two attached hydrogens (primary N) is 1. The average Bonchev–Trinajstić information content (AvgIpc) is 2.57. The van der Waals surface area contributed by atoms with E-state index in [1.165, 1.54) is 5.56 Å². The summed E-state index contributed by atoms with van der Waals surface area (Å²) in [5.74, 6) is 0.776. The molecule has 86 valence electrons. The van der Waals surface area contributed by atoms with E-state index >= 15 is 0 Å². The molecular formula is C12H15ClN2O. The standard InChI is InChI=1S/C12H15ClN2O/c1-15-7-8(3-4-14)12-10(13)5-9(16-2)6-11(12)15/h5-7H,3-4,14H2,1-2H3. The van der Waals surface area contributed by atoms with Crippen LogP contribution >= 0.6 is 11.6 Å². The highest BCUT2D eigenvalue weighted by Gasteiger charge is 2.11. The largest absolute Gasteiger partial charge is 0.497 e. The molecule has 2 rings (SSSR count). The Hall–Kier alpha value is -1.19. The normalized spacial score (nSPS) is 11.0. The smallest absolute Gasteiger partial charge is 0.122 e. The van der Waals surface area contributed by atoms with Crippen LogP contribution in [-0.4, -0.2) is 18.2 Å². The molecule has 0 saturated carbocycles. The molecule has 1 heterocycles. The molecule has 16 heavy (non-hydrogen) atoms. The minimum absolute atomic E-state index is 0.626. The summed E-state index contributed by atoms with van der Waals surface area (Å²) in [6.07, 6.45) is 2.91. The molecule has 0 unspecified atom stereocenters. The first kappa shape index (κ1) is 11.3. The third-order valence-electron chi connectivity index (χ3n) is 2.74. The fourth-order valence-electron chi connectivity index (χ4n) is 1.99. The van der Waals surface area contributed by atoms with E-state index in [2.05, 4.69) is 10.8 Å². The number of nitrogens with zero attached hydrogens (tertiary/aromatic N) is 1. The highest BCUT2D eigenvalue weighted by atomic mass is 35.5. The molecule has 3 nitrogen and oxygen atoms in total. The molecule has 0 bridgehead atoms. The van der Waals surface area contributed by atoms with Crippen LogP contribution in [0.25, 0.3) is 10.9 Å². The molecule has 0 saturated heterocycles. The Balaban J connectivity index is 2.70. The van der Waals surface area contributed by atoms with Gasteiger partial charge in [-0.25, -0.2) is 0 Å². The maximum Gasteiger partial charge on any atom is 0.122 e. The van der Waals surface area contributed by atoms with E-state index in [4.69, 9.17) is 22.1 Å². The second kappa shape index (κ2) is 4.36. The number of halogens is 1. The number of ether oxygens (including phenoxy) is 1. The summed E-state index contributed by atoms with van der Waals surface area (Å²) < 4.78 is 7.26. The van der Waals surface area contributed by atoms with Crippen LogP contribution in [0.2, 0.25) is 5.02 Å². The van der Waals surface area contributed by atoms with Crippen LogP contribution in [0.4, 0.5) is 0 Å². The van der Waals surface area contributed by atoms with Crippen molar-refractivity contribution in [2.24, 2.45) is 12.8 Å². The molecule has 1 aromatic carbocycles. The van der Waals surface area contributed by atoms with Crippen molar-refractivity contribution in [2.45, 2.75) is 6.42 Å². The van der Waals surface area contributed by atoms with Crippen LogP contribution in [0, 0.1) is 0 Å². The maximum atomic E-state index is 6.26. The predicted molar refractivity (Wildman–Crippen MR) is 67.2 cm³/mol. The minimum Gasteiger partial charge on any atom is -0.497 e. The molecule has 0 fully saturated rings. The zero-order valence-corrected chi connectivity index (χ0v) is 10.2. The first-order chi connectivity index (χ1) is 7.67. The van der Waals surface area contributed by atoms with Gasteiger partial charge in [0.15, 0.2) is 0 Å². The van der Waals surface area contributed by atoms with E-state index < -0.39 is 0 Å². The van der Waals surface area contributed by atoms with Crippen molar-refractivity contribution < 1.29 is 4.74 Å². The van der Waals surface area contributed by atoms with E-state index in [1.54, 1.807) is 7.11 Å². The lowest BCUT2D eigenvalue weighted by molar-refractivity contribution is 0.415. The van der Waals surface area contributed by atoms with E-state index in [0.717, 1.165) is 28.1 Å². The summed E-state index contributed by atoms with van der Waals surface area (Å²) in [7, 11) is 3.64. The predicted octanol–water partition coefficient (Wildman–Crippen LogP) is 2.34. The molecule has 0 amide bonds. The monoisotopic (exact) mass is 238 g/mol. The topological polar surface area (TPSA) is 40.2 Å². The second-order valence-corrected chi connectivity index (χ2v) is 4.21. The number of rotatable bonds is 3. The van der Waals surface area contributed by atoms with Crippen LogP contribution in [0.5, 0.6) is 5.75 Å². The minimum atomic E-state index is 0.626. The number of benzene rings is 1. The van der Waals surface area contributed by atoms with Gasteiger partial charge in [0, 0.05) is 24.7 Å². The molecule has 0 radical (unpaired) electrons. The quantitative estimate of drug-likeness (QED) is 0.892. The summed E-state index contributed by atoms with van der Waals surface area (Å²) in [4.78, 5) is 0. The van der Waals surface area contributed by atoms with Gasteiger partial charge in [-0.15, -0.1) is 0 Å². The first-order valence-corrected chi connectivity index (χ1v) is 5.56. The molecule has 0 atom stereocenters. The lowest BCUT2D eigenvalue weighted by Crippen LogP contribution is -2.02. The molecule has 0 aliphatic heterocycles. The van der Waals surface area contributed by atoms with Crippen molar-refractivity contribution in [3.05, 3.63) is 28.9 Å². The van der Waals surface area contributed by atoms with Crippen LogP contribution in [0.3, 0.4) is 0 Å². The molecule has 2 N–H and O–H groups in total. The number of hydrogen-bond donors (Lipinski definition) is 1. The van der Waals surface area contributed by atoms with E-state index in [0.29, 0.717) is 6.54 Å². The maximum absolute atomic E-state index is 6.26. The van der Waals surface area contributed by atoms with Gasteiger partial charge in [-0.3, -0.25) is 0 Å².